The molecule has 0 saturated carbocycles. The van der Waals surface area contributed by atoms with Crippen molar-refractivity contribution in [3.8, 4) is 5.75 Å². The van der Waals surface area contributed by atoms with Crippen molar-refractivity contribution in [3.63, 3.8) is 0 Å². The molecule has 0 spiro atoms. The molecule has 28 heavy (non-hydrogen) atoms. The van der Waals surface area contributed by atoms with Crippen LogP contribution in [0.3, 0.4) is 0 Å². The van der Waals surface area contributed by atoms with Gasteiger partial charge < -0.3 is 14.0 Å². The summed E-state index contributed by atoms with van der Waals surface area (Å²) in [6.45, 7) is 3.81. The van der Waals surface area contributed by atoms with E-state index in [0.717, 1.165) is 26.4 Å². The number of hydrogen-bond donors (Lipinski definition) is 0. The number of ketones is 1. The molecule has 2 aromatic heterocycles. The van der Waals surface area contributed by atoms with Gasteiger partial charge in [-0.1, -0.05) is 17.3 Å². The van der Waals surface area contributed by atoms with E-state index in [1.54, 1.807) is 36.4 Å². The van der Waals surface area contributed by atoms with Crippen LogP contribution in [0.1, 0.15) is 32.3 Å². The van der Waals surface area contributed by atoms with Crippen molar-refractivity contribution in [2.24, 2.45) is 0 Å². The van der Waals surface area contributed by atoms with Crippen LogP contribution in [0.5, 0.6) is 5.75 Å². The van der Waals surface area contributed by atoms with Crippen molar-refractivity contribution in [2.75, 3.05) is 6.61 Å². The van der Waals surface area contributed by atoms with Crippen LogP contribution in [0.4, 0.5) is 0 Å². The Morgan fingerprint density at radius 2 is 1.89 bits per heavy atom. The van der Waals surface area contributed by atoms with Crippen molar-refractivity contribution in [2.45, 2.75) is 26.9 Å². The molecule has 0 radical (unpaired) electrons. The maximum Gasteiger partial charge on any atom is 0.310 e. The second-order valence-corrected chi connectivity index (χ2v) is 8.56. The molecule has 0 aliphatic carbocycles. The molecule has 0 amide bonds. The molecule has 0 saturated heterocycles. The first-order valence-electron chi connectivity index (χ1n) is 8.50. The third kappa shape index (κ3) is 5.30. The lowest BCUT2D eigenvalue weighted by Gasteiger charge is -2.07. The highest BCUT2D eigenvalue weighted by Gasteiger charge is 2.13. The van der Waals surface area contributed by atoms with Gasteiger partial charge in [-0.05, 0) is 59.6 Å². The number of carbonyl (C=O) groups is 2. The zero-order valence-corrected chi connectivity index (χ0v) is 17.8. The largest absolute Gasteiger partial charge is 0.489 e. The van der Waals surface area contributed by atoms with Gasteiger partial charge in [0.05, 0.1) is 26.3 Å². The summed E-state index contributed by atoms with van der Waals surface area (Å²) in [4.78, 5) is 24.5. The Morgan fingerprint density at radius 3 is 2.50 bits per heavy atom. The highest BCUT2D eigenvalue weighted by molar-refractivity contribution is 9.11. The minimum atomic E-state index is -0.451. The normalized spacial score (nSPS) is 10.7. The lowest BCUT2D eigenvalue weighted by atomic mass is 10.1. The molecule has 1 aromatic carbocycles. The minimum Gasteiger partial charge on any atom is -0.489 e. The number of aromatic nitrogens is 1. The van der Waals surface area contributed by atoms with Gasteiger partial charge in [-0.2, -0.15) is 0 Å². The molecule has 0 aliphatic rings. The van der Waals surface area contributed by atoms with Crippen molar-refractivity contribution >= 4 is 39.0 Å². The number of carbonyl (C=O) groups excluding carboxylic acids is 2. The molecular weight excluding hydrogens is 446 g/mol. The van der Waals surface area contributed by atoms with Crippen LogP contribution in [-0.4, -0.2) is 23.5 Å². The molecule has 3 aromatic rings. The summed E-state index contributed by atoms with van der Waals surface area (Å²) in [6, 6.07) is 10.6. The van der Waals surface area contributed by atoms with E-state index in [1.807, 2.05) is 13.8 Å². The molecule has 0 aliphatic heterocycles. The molecule has 0 atom stereocenters. The third-order valence-corrected chi connectivity index (χ3v) is 5.71. The Bertz CT molecular complexity index is 957. The fraction of sp³-hybridized carbons (Fsp3) is 0.250. The van der Waals surface area contributed by atoms with Crippen LogP contribution in [0.15, 0.2) is 44.7 Å². The Hall–Kier alpha value is -2.45. The van der Waals surface area contributed by atoms with Gasteiger partial charge in [0, 0.05) is 0 Å². The van der Waals surface area contributed by atoms with Crippen LogP contribution in [0, 0.1) is 13.8 Å². The van der Waals surface area contributed by atoms with Gasteiger partial charge in [-0.15, -0.1) is 11.3 Å². The van der Waals surface area contributed by atoms with Crippen molar-refractivity contribution in [1.29, 1.82) is 0 Å². The number of halogens is 1. The Morgan fingerprint density at radius 1 is 1.14 bits per heavy atom. The number of Topliss-reactive ketones (excluding diaryl/α,β-unsaturated/α-hetero) is 1. The molecule has 0 N–H and O–H groups in total. The maximum absolute atomic E-state index is 12.0. The molecule has 0 fully saturated rings. The topological polar surface area (TPSA) is 78.6 Å². The predicted octanol–water partition coefficient (Wildman–Crippen LogP) is 4.66. The highest BCUT2D eigenvalue weighted by atomic mass is 79.9. The van der Waals surface area contributed by atoms with Gasteiger partial charge in [0.15, 0.2) is 6.61 Å². The van der Waals surface area contributed by atoms with Crippen LogP contribution in [0.2, 0.25) is 0 Å². The SMILES string of the molecule is Cc1noc(C)c1COc1ccc(CC(=O)OCC(=O)c2ccc(Br)s2)cc1. The summed E-state index contributed by atoms with van der Waals surface area (Å²) >= 11 is 4.61. The fourth-order valence-corrected chi connectivity index (χ4v) is 3.78. The Labute approximate surface area is 174 Å². The van der Waals surface area contributed by atoms with Gasteiger partial charge in [0.2, 0.25) is 5.78 Å². The first kappa shape index (κ1) is 20.3. The second-order valence-electron chi connectivity index (χ2n) is 6.10. The number of nitrogens with zero attached hydrogens (tertiary/aromatic N) is 1. The molecule has 6 nitrogen and oxygen atoms in total. The van der Waals surface area contributed by atoms with E-state index in [2.05, 4.69) is 21.1 Å². The van der Waals surface area contributed by atoms with Gasteiger partial charge >= 0.3 is 5.97 Å². The molecule has 0 unspecified atom stereocenters. The third-order valence-electron chi connectivity index (χ3n) is 4.05. The molecule has 2 heterocycles. The first-order valence-corrected chi connectivity index (χ1v) is 10.1. The number of ether oxygens (including phenoxy) is 2. The molecular formula is C20H18BrNO5S. The monoisotopic (exact) mass is 463 g/mol. The standard InChI is InChI=1S/C20H18BrNO5S/c1-12-16(13(2)27-22-12)10-25-15-5-3-14(4-6-15)9-20(24)26-11-17(23)18-7-8-19(21)28-18/h3-8H,9-11H2,1-2H3. The predicted molar refractivity (Wildman–Crippen MR) is 108 cm³/mol. The molecule has 3 rings (SSSR count). The molecule has 146 valence electrons. The number of thiophene rings is 1. The van der Waals surface area contributed by atoms with Crippen LogP contribution in [0.25, 0.3) is 0 Å². The van der Waals surface area contributed by atoms with Crippen molar-refractivity contribution in [1.82, 2.24) is 5.16 Å². The van der Waals surface area contributed by atoms with E-state index in [4.69, 9.17) is 14.0 Å². The summed E-state index contributed by atoms with van der Waals surface area (Å²) in [5, 5.41) is 3.89. The minimum absolute atomic E-state index is 0.0889. The lowest BCUT2D eigenvalue weighted by Crippen LogP contribution is -2.14. The summed E-state index contributed by atoms with van der Waals surface area (Å²) < 4.78 is 16.8. The van der Waals surface area contributed by atoms with Crippen molar-refractivity contribution in [3.05, 3.63) is 67.6 Å². The van der Waals surface area contributed by atoms with E-state index in [9.17, 15) is 9.59 Å². The van der Waals surface area contributed by atoms with Gasteiger partial charge in [-0.25, -0.2) is 0 Å². The highest BCUT2D eigenvalue weighted by Crippen LogP contribution is 2.22. The number of hydrogen-bond acceptors (Lipinski definition) is 7. The van der Waals surface area contributed by atoms with Gasteiger partial charge in [-0.3, -0.25) is 9.59 Å². The summed E-state index contributed by atoms with van der Waals surface area (Å²) in [5.41, 5.74) is 2.51. The summed E-state index contributed by atoms with van der Waals surface area (Å²) in [5.74, 6) is 0.748. The molecule has 8 heteroatoms. The second kappa shape index (κ2) is 9.16. The van der Waals surface area contributed by atoms with Crippen LogP contribution < -0.4 is 4.74 Å². The average Bonchev–Trinajstić information content (AvgIpc) is 3.25. The van der Waals surface area contributed by atoms with Gasteiger partial charge in [0.25, 0.3) is 0 Å². The lowest BCUT2D eigenvalue weighted by molar-refractivity contribution is -0.141. The van der Waals surface area contributed by atoms with E-state index in [1.165, 1.54) is 11.3 Å². The zero-order valence-electron chi connectivity index (χ0n) is 15.4. The molecule has 0 bridgehead atoms. The number of rotatable bonds is 8. The number of esters is 1. The maximum atomic E-state index is 12.0. The van der Waals surface area contributed by atoms with E-state index in [-0.39, 0.29) is 18.8 Å². The quantitative estimate of drug-likeness (QED) is 0.356. The van der Waals surface area contributed by atoms with E-state index in [0.29, 0.717) is 17.2 Å². The first-order chi connectivity index (χ1) is 13.4. The Kier molecular flexibility index (Phi) is 6.64. The summed E-state index contributed by atoms with van der Waals surface area (Å²) in [6.07, 6.45) is 0.0889. The van der Waals surface area contributed by atoms with Crippen LogP contribution in [-0.2, 0) is 22.6 Å². The average molecular weight is 464 g/mol. The zero-order chi connectivity index (χ0) is 20.1. The number of benzene rings is 1. The van der Waals surface area contributed by atoms with Crippen LogP contribution >= 0.6 is 27.3 Å². The smallest absolute Gasteiger partial charge is 0.310 e. The van der Waals surface area contributed by atoms with E-state index >= 15 is 0 Å². The van der Waals surface area contributed by atoms with Crippen molar-refractivity contribution < 1.29 is 23.6 Å². The fourth-order valence-electron chi connectivity index (χ4n) is 2.47. The summed E-state index contributed by atoms with van der Waals surface area (Å²) in [7, 11) is 0. The number of aryl methyl sites for hydroxylation is 2. The van der Waals surface area contributed by atoms with E-state index < -0.39 is 5.97 Å². The Balaban J connectivity index is 1.47. The van der Waals surface area contributed by atoms with Gasteiger partial charge in [0.1, 0.15) is 18.1 Å².